The Morgan fingerprint density at radius 1 is 1.50 bits per heavy atom. The van der Waals surface area contributed by atoms with Gasteiger partial charge in [0.2, 0.25) is 5.91 Å². The highest BCUT2D eigenvalue weighted by atomic mass is 32.1. The predicted octanol–water partition coefficient (Wildman–Crippen LogP) is 1.55. The van der Waals surface area contributed by atoms with Gasteiger partial charge in [0, 0.05) is 18.0 Å². The van der Waals surface area contributed by atoms with Crippen molar-refractivity contribution in [3.05, 3.63) is 22.4 Å². The van der Waals surface area contributed by atoms with Crippen LogP contribution in [0, 0.1) is 0 Å². The first-order chi connectivity index (χ1) is 7.86. The second-order valence-electron chi connectivity index (χ2n) is 4.12. The molecule has 2 heterocycles. The molecule has 16 heavy (non-hydrogen) atoms. The summed E-state index contributed by atoms with van der Waals surface area (Å²) in [6, 6.07) is 4.22. The zero-order valence-corrected chi connectivity index (χ0v) is 10.2. The summed E-state index contributed by atoms with van der Waals surface area (Å²) in [5.74, 6) is 0.170. The van der Waals surface area contributed by atoms with E-state index in [4.69, 9.17) is 0 Å². The molecule has 2 N–H and O–H groups in total. The molecule has 0 saturated carbocycles. The average molecular weight is 238 g/mol. The smallest absolute Gasteiger partial charge is 0.237 e. The second-order valence-corrected chi connectivity index (χ2v) is 5.16. The molecule has 1 unspecified atom stereocenters. The predicted molar refractivity (Wildman–Crippen MR) is 66.7 cm³/mol. The minimum absolute atomic E-state index is 0.0162. The van der Waals surface area contributed by atoms with Crippen molar-refractivity contribution in [2.75, 3.05) is 13.1 Å². The maximum Gasteiger partial charge on any atom is 0.237 e. The normalized spacial score (nSPS) is 21.5. The van der Waals surface area contributed by atoms with Crippen molar-refractivity contribution in [2.24, 2.45) is 0 Å². The fraction of sp³-hybridized carbons (Fsp3) is 0.583. The Bertz CT molecular complexity index is 324. The minimum Gasteiger partial charge on any atom is -0.355 e. The van der Waals surface area contributed by atoms with Crippen LogP contribution < -0.4 is 10.6 Å². The van der Waals surface area contributed by atoms with Crippen LogP contribution in [-0.4, -0.2) is 25.0 Å². The third-order valence-electron chi connectivity index (χ3n) is 2.88. The summed E-state index contributed by atoms with van der Waals surface area (Å²) in [5, 5.41) is 8.37. The topological polar surface area (TPSA) is 41.1 Å². The number of nitrogens with one attached hydrogen (secondary N) is 2. The minimum atomic E-state index is 0.0162. The molecular formula is C12H18N2OS. The van der Waals surface area contributed by atoms with Gasteiger partial charge in [-0.2, -0.15) is 0 Å². The second kappa shape index (κ2) is 6.01. The van der Waals surface area contributed by atoms with Gasteiger partial charge in [0.15, 0.2) is 0 Å². The molecule has 1 amide bonds. The molecule has 0 bridgehead atoms. The standard InChI is InChI=1S/C12H18N2OS/c15-12-11(5-1-2-7-14-12)13-8-6-10-4-3-9-16-10/h3-4,9,11,13H,1-2,5-8H2,(H,14,15). The summed E-state index contributed by atoms with van der Waals surface area (Å²) in [5.41, 5.74) is 0. The Morgan fingerprint density at radius 3 is 3.25 bits per heavy atom. The lowest BCUT2D eigenvalue weighted by molar-refractivity contribution is -0.122. The van der Waals surface area contributed by atoms with Gasteiger partial charge in [-0.3, -0.25) is 4.79 Å². The Kier molecular flexibility index (Phi) is 4.36. The highest BCUT2D eigenvalue weighted by molar-refractivity contribution is 7.09. The SMILES string of the molecule is O=C1NCCCCC1NCCc1cccs1. The van der Waals surface area contributed by atoms with Crippen molar-refractivity contribution in [1.82, 2.24) is 10.6 Å². The number of carbonyl (C=O) groups is 1. The van der Waals surface area contributed by atoms with Gasteiger partial charge in [-0.1, -0.05) is 6.07 Å². The van der Waals surface area contributed by atoms with Crippen LogP contribution >= 0.6 is 11.3 Å². The quantitative estimate of drug-likeness (QED) is 0.835. The summed E-state index contributed by atoms with van der Waals surface area (Å²) in [4.78, 5) is 13.0. The van der Waals surface area contributed by atoms with Crippen molar-refractivity contribution in [2.45, 2.75) is 31.7 Å². The van der Waals surface area contributed by atoms with Crippen LogP contribution in [0.3, 0.4) is 0 Å². The van der Waals surface area contributed by atoms with Gasteiger partial charge in [0.1, 0.15) is 0 Å². The summed E-state index contributed by atoms with van der Waals surface area (Å²) in [7, 11) is 0. The fourth-order valence-electron chi connectivity index (χ4n) is 1.96. The van der Waals surface area contributed by atoms with E-state index in [9.17, 15) is 4.79 Å². The van der Waals surface area contributed by atoms with Crippen molar-refractivity contribution < 1.29 is 4.79 Å². The molecule has 0 radical (unpaired) electrons. The molecule has 4 heteroatoms. The Hall–Kier alpha value is -0.870. The molecule has 1 fully saturated rings. The van der Waals surface area contributed by atoms with Crippen LogP contribution in [0.15, 0.2) is 17.5 Å². The molecular weight excluding hydrogens is 220 g/mol. The fourth-order valence-corrected chi connectivity index (χ4v) is 2.67. The maximum atomic E-state index is 11.6. The van der Waals surface area contributed by atoms with E-state index in [2.05, 4.69) is 28.1 Å². The lowest BCUT2D eigenvalue weighted by Crippen LogP contribution is -2.43. The van der Waals surface area contributed by atoms with E-state index >= 15 is 0 Å². The summed E-state index contributed by atoms with van der Waals surface area (Å²) in [6.07, 6.45) is 4.22. The molecule has 88 valence electrons. The average Bonchev–Trinajstić information content (AvgIpc) is 2.71. The first-order valence-corrected chi connectivity index (χ1v) is 6.78. The van der Waals surface area contributed by atoms with Gasteiger partial charge in [0.25, 0.3) is 0 Å². The van der Waals surface area contributed by atoms with E-state index < -0.39 is 0 Å². The molecule has 1 aromatic rings. The molecule has 1 aromatic heterocycles. The third-order valence-corrected chi connectivity index (χ3v) is 3.81. The lowest BCUT2D eigenvalue weighted by Gasteiger charge is -2.14. The van der Waals surface area contributed by atoms with Gasteiger partial charge in [-0.25, -0.2) is 0 Å². The number of hydrogen-bond donors (Lipinski definition) is 2. The maximum absolute atomic E-state index is 11.6. The molecule has 0 aromatic carbocycles. The monoisotopic (exact) mass is 238 g/mol. The summed E-state index contributed by atoms with van der Waals surface area (Å²) in [6.45, 7) is 1.72. The molecule has 1 aliphatic rings. The molecule has 1 saturated heterocycles. The Balaban J connectivity index is 1.73. The molecule has 1 atom stereocenters. The van der Waals surface area contributed by atoms with E-state index in [0.717, 1.165) is 38.8 Å². The highest BCUT2D eigenvalue weighted by Gasteiger charge is 2.19. The summed E-state index contributed by atoms with van der Waals surface area (Å²) < 4.78 is 0. The molecule has 1 aliphatic heterocycles. The van der Waals surface area contributed by atoms with Crippen molar-refractivity contribution in [3.63, 3.8) is 0 Å². The Labute approximate surface area is 100 Å². The number of hydrogen-bond acceptors (Lipinski definition) is 3. The zero-order valence-electron chi connectivity index (χ0n) is 9.37. The van der Waals surface area contributed by atoms with Gasteiger partial charge >= 0.3 is 0 Å². The molecule has 2 rings (SSSR count). The number of rotatable bonds is 4. The van der Waals surface area contributed by atoms with Crippen LogP contribution in [0.1, 0.15) is 24.1 Å². The van der Waals surface area contributed by atoms with Gasteiger partial charge in [0.05, 0.1) is 6.04 Å². The third kappa shape index (κ3) is 3.32. The highest BCUT2D eigenvalue weighted by Crippen LogP contribution is 2.09. The van der Waals surface area contributed by atoms with E-state index in [1.165, 1.54) is 4.88 Å². The van der Waals surface area contributed by atoms with Crippen LogP contribution in [0.4, 0.5) is 0 Å². The van der Waals surface area contributed by atoms with Crippen LogP contribution in [-0.2, 0) is 11.2 Å². The van der Waals surface area contributed by atoms with Crippen LogP contribution in [0.2, 0.25) is 0 Å². The largest absolute Gasteiger partial charge is 0.355 e. The Morgan fingerprint density at radius 2 is 2.44 bits per heavy atom. The molecule has 0 aliphatic carbocycles. The van der Waals surface area contributed by atoms with Gasteiger partial charge < -0.3 is 10.6 Å². The van der Waals surface area contributed by atoms with Gasteiger partial charge in [-0.15, -0.1) is 11.3 Å². The lowest BCUT2D eigenvalue weighted by atomic mass is 10.1. The van der Waals surface area contributed by atoms with E-state index in [1.807, 2.05) is 0 Å². The number of thiophene rings is 1. The van der Waals surface area contributed by atoms with Crippen LogP contribution in [0.5, 0.6) is 0 Å². The first-order valence-electron chi connectivity index (χ1n) is 5.90. The summed E-state index contributed by atoms with van der Waals surface area (Å²) >= 11 is 1.77. The zero-order chi connectivity index (χ0) is 11.2. The van der Waals surface area contributed by atoms with Gasteiger partial charge in [-0.05, 0) is 37.1 Å². The van der Waals surface area contributed by atoms with E-state index in [0.29, 0.717) is 0 Å². The molecule has 0 spiro atoms. The number of amides is 1. The van der Waals surface area contributed by atoms with Crippen LogP contribution in [0.25, 0.3) is 0 Å². The van der Waals surface area contributed by atoms with E-state index in [-0.39, 0.29) is 11.9 Å². The first kappa shape index (κ1) is 11.6. The van der Waals surface area contributed by atoms with Crippen molar-refractivity contribution in [1.29, 1.82) is 0 Å². The van der Waals surface area contributed by atoms with Crippen molar-refractivity contribution >= 4 is 17.2 Å². The van der Waals surface area contributed by atoms with E-state index in [1.54, 1.807) is 11.3 Å². The van der Waals surface area contributed by atoms with Crippen molar-refractivity contribution in [3.8, 4) is 0 Å². The number of carbonyl (C=O) groups excluding carboxylic acids is 1. The molecule has 3 nitrogen and oxygen atoms in total.